The third kappa shape index (κ3) is 3.00. The van der Waals surface area contributed by atoms with Gasteiger partial charge in [0.05, 0.1) is 0 Å². The Morgan fingerprint density at radius 1 is 1.00 bits per heavy atom. The van der Waals surface area contributed by atoms with Crippen LogP contribution < -0.4 is 5.32 Å². The molecule has 0 spiro atoms. The molecular formula is C13H11BrClN. The molecular weight excluding hydrogens is 286 g/mol. The Labute approximate surface area is 109 Å². The molecule has 82 valence electrons. The third-order valence-corrected chi connectivity index (χ3v) is 3.18. The minimum atomic E-state index is 0.737. The van der Waals surface area contributed by atoms with Crippen LogP contribution in [0.2, 0.25) is 5.02 Å². The first-order chi connectivity index (χ1) is 7.75. The molecule has 0 radical (unpaired) electrons. The molecule has 3 heteroatoms. The highest BCUT2D eigenvalue weighted by Gasteiger charge is 1.98. The van der Waals surface area contributed by atoms with Gasteiger partial charge in [0.15, 0.2) is 0 Å². The van der Waals surface area contributed by atoms with E-state index in [0.29, 0.717) is 0 Å². The molecule has 0 saturated heterocycles. The van der Waals surface area contributed by atoms with Crippen LogP contribution in [-0.4, -0.2) is 0 Å². The first-order valence-corrected chi connectivity index (χ1v) is 6.15. The Morgan fingerprint density at radius 3 is 2.38 bits per heavy atom. The van der Waals surface area contributed by atoms with Crippen LogP contribution in [-0.2, 0) is 6.54 Å². The Bertz CT molecular complexity index is 468. The molecule has 0 aliphatic heterocycles. The first kappa shape index (κ1) is 11.5. The number of benzene rings is 2. The molecule has 0 fully saturated rings. The van der Waals surface area contributed by atoms with Gasteiger partial charge in [-0.3, -0.25) is 0 Å². The Balaban J connectivity index is 2.02. The maximum atomic E-state index is 6.07. The highest BCUT2D eigenvalue weighted by molar-refractivity contribution is 9.10. The van der Waals surface area contributed by atoms with E-state index in [9.17, 15) is 0 Å². The van der Waals surface area contributed by atoms with Gasteiger partial charge in [0, 0.05) is 21.7 Å². The van der Waals surface area contributed by atoms with E-state index in [-0.39, 0.29) is 0 Å². The fraction of sp³-hybridized carbons (Fsp3) is 0.0769. The molecule has 0 unspecified atom stereocenters. The molecule has 0 amide bonds. The van der Waals surface area contributed by atoms with Crippen LogP contribution in [0.4, 0.5) is 5.69 Å². The first-order valence-electron chi connectivity index (χ1n) is 4.98. The van der Waals surface area contributed by atoms with Crippen molar-refractivity contribution in [2.45, 2.75) is 6.54 Å². The summed E-state index contributed by atoms with van der Waals surface area (Å²) in [6.07, 6.45) is 0. The van der Waals surface area contributed by atoms with Crippen LogP contribution >= 0.6 is 27.5 Å². The Morgan fingerprint density at radius 2 is 1.69 bits per heavy atom. The number of hydrogen-bond donors (Lipinski definition) is 1. The second-order valence-electron chi connectivity index (χ2n) is 3.45. The average Bonchev–Trinajstić information content (AvgIpc) is 2.30. The van der Waals surface area contributed by atoms with Gasteiger partial charge in [0.2, 0.25) is 0 Å². The van der Waals surface area contributed by atoms with Gasteiger partial charge in [-0.25, -0.2) is 0 Å². The summed E-state index contributed by atoms with van der Waals surface area (Å²) in [5, 5.41) is 4.12. The molecule has 2 aromatic rings. The van der Waals surface area contributed by atoms with Gasteiger partial charge >= 0.3 is 0 Å². The van der Waals surface area contributed by atoms with Gasteiger partial charge in [0.25, 0.3) is 0 Å². The minimum absolute atomic E-state index is 0.737. The van der Waals surface area contributed by atoms with E-state index in [4.69, 9.17) is 11.6 Å². The van der Waals surface area contributed by atoms with Crippen molar-refractivity contribution in [2.24, 2.45) is 0 Å². The zero-order valence-electron chi connectivity index (χ0n) is 8.58. The molecule has 0 aliphatic carbocycles. The number of halogens is 2. The van der Waals surface area contributed by atoms with E-state index in [1.165, 1.54) is 0 Å². The molecule has 0 saturated carbocycles. The summed E-state index contributed by atoms with van der Waals surface area (Å²) >= 11 is 9.47. The summed E-state index contributed by atoms with van der Waals surface area (Å²) in [7, 11) is 0. The third-order valence-electron chi connectivity index (χ3n) is 2.29. The number of nitrogens with one attached hydrogen (secondary N) is 1. The van der Waals surface area contributed by atoms with E-state index in [0.717, 1.165) is 27.3 Å². The lowest BCUT2D eigenvalue weighted by Gasteiger charge is -2.07. The van der Waals surface area contributed by atoms with Gasteiger partial charge < -0.3 is 5.32 Å². The fourth-order valence-corrected chi connectivity index (χ4v) is 1.87. The van der Waals surface area contributed by atoms with E-state index in [1.807, 2.05) is 48.5 Å². The predicted octanol–water partition coefficient (Wildman–Crippen LogP) is 4.71. The van der Waals surface area contributed by atoms with E-state index in [1.54, 1.807) is 0 Å². The standard InChI is InChI=1S/C13H11BrClN/c14-11-5-7-12(8-6-11)16-9-10-3-1-2-4-13(10)15/h1-8,16H,9H2. The number of rotatable bonds is 3. The maximum absolute atomic E-state index is 6.07. The van der Waals surface area contributed by atoms with Crippen molar-refractivity contribution in [3.8, 4) is 0 Å². The second kappa shape index (κ2) is 5.37. The quantitative estimate of drug-likeness (QED) is 0.864. The highest BCUT2D eigenvalue weighted by atomic mass is 79.9. The van der Waals surface area contributed by atoms with Gasteiger partial charge in [0.1, 0.15) is 0 Å². The summed E-state index contributed by atoms with van der Waals surface area (Å²) < 4.78 is 1.08. The maximum Gasteiger partial charge on any atom is 0.0455 e. The number of hydrogen-bond acceptors (Lipinski definition) is 1. The molecule has 2 rings (SSSR count). The SMILES string of the molecule is Clc1ccccc1CNc1ccc(Br)cc1. The lowest BCUT2D eigenvalue weighted by atomic mass is 10.2. The predicted molar refractivity (Wildman–Crippen MR) is 72.9 cm³/mol. The van der Waals surface area contributed by atoms with Gasteiger partial charge in [-0.15, -0.1) is 0 Å². The van der Waals surface area contributed by atoms with Crippen molar-refractivity contribution in [1.82, 2.24) is 0 Å². The summed E-state index contributed by atoms with van der Waals surface area (Å²) in [5.74, 6) is 0. The molecule has 2 aromatic carbocycles. The Hall–Kier alpha value is -0.990. The van der Waals surface area contributed by atoms with Crippen LogP contribution in [0.1, 0.15) is 5.56 Å². The number of anilines is 1. The molecule has 0 aliphatic rings. The normalized spacial score (nSPS) is 10.1. The molecule has 1 nitrogen and oxygen atoms in total. The van der Waals surface area contributed by atoms with Crippen LogP contribution in [0.5, 0.6) is 0 Å². The molecule has 0 aromatic heterocycles. The minimum Gasteiger partial charge on any atom is -0.381 e. The lowest BCUT2D eigenvalue weighted by Crippen LogP contribution is -1.99. The topological polar surface area (TPSA) is 12.0 Å². The molecule has 16 heavy (non-hydrogen) atoms. The van der Waals surface area contributed by atoms with E-state index >= 15 is 0 Å². The van der Waals surface area contributed by atoms with Crippen LogP contribution in [0.25, 0.3) is 0 Å². The van der Waals surface area contributed by atoms with Crippen molar-refractivity contribution in [2.75, 3.05) is 5.32 Å². The van der Waals surface area contributed by atoms with Crippen LogP contribution in [0.15, 0.2) is 53.0 Å². The average molecular weight is 297 g/mol. The summed E-state index contributed by atoms with van der Waals surface area (Å²) in [6.45, 7) is 0.737. The molecule has 0 heterocycles. The fourth-order valence-electron chi connectivity index (χ4n) is 1.41. The van der Waals surface area contributed by atoms with Crippen LogP contribution in [0, 0.1) is 0 Å². The summed E-state index contributed by atoms with van der Waals surface area (Å²) in [6, 6.07) is 15.9. The molecule has 0 atom stereocenters. The van der Waals surface area contributed by atoms with Crippen molar-refractivity contribution < 1.29 is 0 Å². The summed E-state index contributed by atoms with van der Waals surface area (Å²) in [5.41, 5.74) is 2.19. The van der Waals surface area contributed by atoms with Gasteiger partial charge in [-0.05, 0) is 35.9 Å². The smallest absolute Gasteiger partial charge is 0.0455 e. The highest BCUT2D eigenvalue weighted by Crippen LogP contribution is 2.18. The zero-order valence-corrected chi connectivity index (χ0v) is 10.9. The van der Waals surface area contributed by atoms with Crippen molar-refractivity contribution in [3.63, 3.8) is 0 Å². The molecule has 1 N–H and O–H groups in total. The zero-order chi connectivity index (χ0) is 11.4. The lowest BCUT2D eigenvalue weighted by molar-refractivity contribution is 1.15. The largest absolute Gasteiger partial charge is 0.381 e. The summed E-state index contributed by atoms with van der Waals surface area (Å²) in [4.78, 5) is 0. The monoisotopic (exact) mass is 295 g/mol. The van der Waals surface area contributed by atoms with Crippen molar-refractivity contribution in [3.05, 3.63) is 63.6 Å². The van der Waals surface area contributed by atoms with E-state index < -0.39 is 0 Å². The van der Waals surface area contributed by atoms with E-state index in [2.05, 4.69) is 21.2 Å². The van der Waals surface area contributed by atoms with Crippen molar-refractivity contribution >= 4 is 33.2 Å². The van der Waals surface area contributed by atoms with Crippen molar-refractivity contribution in [1.29, 1.82) is 0 Å². The van der Waals surface area contributed by atoms with Crippen LogP contribution in [0.3, 0.4) is 0 Å². The van der Waals surface area contributed by atoms with Gasteiger partial charge in [-0.2, -0.15) is 0 Å². The Kier molecular flexibility index (Phi) is 3.86. The second-order valence-corrected chi connectivity index (χ2v) is 4.77. The van der Waals surface area contributed by atoms with Gasteiger partial charge in [-0.1, -0.05) is 45.7 Å². The molecule has 0 bridgehead atoms.